The van der Waals surface area contributed by atoms with Crippen molar-refractivity contribution in [3.63, 3.8) is 0 Å². The van der Waals surface area contributed by atoms with E-state index in [1.807, 2.05) is 0 Å². The monoisotopic (exact) mass is 341 g/mol. The summed E-state index contributed by atoms with van der Waals surface area (Å²) in [6, 6.07) is 13.1. The highest BCUT2D eigenvalue weighted by atomic mass is 16.5. The zero-order valence-electron chi connectivity index (χ0n) is 14.0. The summed E-state index contributed by atoms with van der Waals surface area (Å²) < 4.78 is 5.05. The molecule has 0 aromatic heterocycles. The summed E-state index contributed by atoms with van der Waals surface area (Å²) in [7, 11) is 1.54. The molecular formula is C18H19N3O4. The van der Waals surface area contributed by atoms with Crippen LogP contribution in [0.1, 0.15) is 34.1 Å². The zero-order chi connectivity index (χ0) is 18.2. The van der Waals surface area contributed by atoms with Gasteiger partial charge >= 0.3 is 0 Å². The van der Waals surface area contributed by atoms with Gasteiger partial charge in [-0.15, -0.1) is 0 Å². The summed E-state index contributed by atoms with van der Waals surface area (Å²) in [4.78, 5) is 35.8. The number of amides is 3. The van der Waals surface area contributed by atoms with Gasteiger partial charge < -0.3 is 10.1 Å². The van der Waals surface area contributed by atoms with Gasteiger partial charge in [0.1, 0.15) is 5.75 Å². The van der Waals surface area contributed by atoms with Crippen LogP contribution in [0, 0.1) is 0 Å². The molecule has 3 N–H and O–H groups in total. The fourth-order valence-corrected chi connectivity index (χ4v) is 2.01. The minimum Gasteiger partial charge on any atom is -0.497 e. The number of para-hydroxylation sites is 1. The molecule has 7 nitrogen and oxygen atoms in total. The van der Waals surface area contributed by atoms with Crippen molar-refractivity contribution < 1.29 is 19.1 Å². The highest BCUT2D eigenvalue weighted by Crippen LogP contribution is 2.17. The van der Waals surface area contributed by atoms with Crippen LogP contribution in [-0.4, -0.2) is 24.8 Å². The SMILES string of the molecule is CCC(=O)NNC(=O)c1ccccc1NC(=O)c1ccc(OC)cc1. The molecule has 25 heavy (non-hydrogen) atoms. The van der Waals surface area contributed by atoms with Crippen molar-refractivity contribution in [2.24, 2.45) is 0 Å². The lowest BCUT2D eigenvalue weighted by molar-refractivity contribution is -0.121. The van der Waals surface area contributed by atoms with E-state index in [9.17, 15) is 14.4 Å². The van der Waals surface area contributed by atoms with Gasteiger partial charge in [-0.2, -0.15) is 0 Å². The third kappa shape index (κ3) is 4.81. The maximum absolute atomic E-state index is 12.3. The fourth-order valence-electron chi connectivity index (χ4n) is 2.01. The first kappa shape index (κ1) is 18.0. The van der Waals surface area contributed by atoms with Crippen molar-refractivity contribution in [1.29, 1.82) is 0 Å². The Hall–Kier alpha value is -3.35. The Morgan fingerprint density at radius 2 is 1.60 bits per heavy atom. The molecule has 0 bridgehead atoms. The highest BCUT2D eigenvalue weighted by Gasteiger charge is 2.14. The van der Waals surface area contributed by atoms with E-state index in [1.165, 1.54) is 0 Å². The molecule has 0 saturated heterocycles. The van der Waals surface area contributed by atoms with Crippen LogP contribution in [0.15, 0.2) is 48.5 Å². The van der Waals surface area contributed by atoms with Crippen LogP contribution in [0.2, 0.25) is 0 Å². The normalized spacial score (nSPS) is 9.84. The van der Waals surface area contributed by atoms with Crippen LogP contribution in [-0.2, 0) is 4.79 Å². The first-order valence-electron chi connectivity index (χ1n) is 7.68. The second kappa shape index (κ2) is 8.49. The molecule has 130 valence electrons. The van der Waals surface area contributed by atoms with Crippen LogP contribution in [0.25, 0.3) is 0 Å². The predicted octanol–water partition coefficient (Wildman–Crippen LogP) is 2.12. The quantitative estimate of drug-likeness (QED) is 0.726. The molecule has 0 saturated carbocycles. The molecule has 0 aliphatic carbocycles. The molecule has 2 aromatic rings. The Morgan fingerprint density at radius 1 is 0.920 bits per heavy atom. The van der Waals surface area contributed by atoms with Crippen molar-refractivity contribution in [3.05, 3.63) is 59.7 Å². The van der Waals surface area contributed by atoms with Crippen molar-refractivity contribution in [2.75, 3.05) is 12.4 Å². The van der Waals surface area contributed by atoms with Crippen LogP contribution in [0.4, 0.5) is 5.69 Å². The number of hydrogen-bond donors (Lipinski definition) is 3. The minimum absolute atomic E-state index is 0.237. The molecule has 0 aliphatic heterocycles. The zero-order valence-corrected chi connectivity index (χ0v) is 14.0. The molecular weight excluding hydrogens is 322 g/mol. The number of nitrogens with one attached hydrogen (secondary N) is 3. The average Bonchev–Trinajstić information content (AvgIpc) is 2.66. The maximum atomic E-state index is 12.3. The van der Waals surface area contributed by atoms with Crippen molar-refractivity contribution in [3.8, 4) is 5.75 Å². The molecule has 0 aliphatic rings. The number of anilines is 1. The summed E-state index contributed by atoms with van der Waals surface area (Å²) >= 11 is 0. The van der Waals surface area contributed by atoms with Gasteiger partial charge in [-0.05, 0) is 36.4 Å². The van der Waals surface area contributed by atoms with E-state index in [1.54, 1.807) is 62.6 Å². The third-order valence-electron chi connectivity index (χ3n) is 3.41. The van der Waals surface area contributed by atoms with E-state index >= 15 is 0 Å². The van der Waals surface area contributed by atoms with Gasteiger partial charge in [0, 0.05) is 12.0 Å². The second-order valence-electron chi connectivity index (χ2n) is 5.08. The van der Waals surface area contributed by atoms with Gasteiger partial charge in [0.15, 0.2) is 0 Å². The van der Waals surface area contributed by atoms with Crippen molar-refractivity contribution >= 4 is 23.4 Å². The van der Waals surface area contributed by atoms with Gasteiger partial charge in [0.25, 0.3) is 11.8 Å². The van der Waals surface area contributed by atoms with Crippen LogP contribution in [0.3, 0.4) is 0 Å². The Balaban J connectivity index is 2.12. The van der Waals surface area contributed by atoms with Gasteiger partial charge in [-0.3, -0.25) is 25.2 Å². The molecule has 0 spiro atoms. The number of hydrogen-bond acceptors (Lipinski definition) is 4. The first-order chi connectivity index (χ1) is 12.0. The number of carbonyl (C=O) groups excluding carboxylic acids is 3. The summed E-state index contributed by atoms with van der Waals surface area (Å²) in [5.74, 6) is -0.552. The number of methoxy groups -OCH3 is 1. The van der Waals surface area contributed by atoms with Crippen LogP contribution in [0.5, 0.6) is 5.75 Å². The first-order valence-corrected chi connectivity index (χ1v) is 7.68. The van der Waals surface area contributed by atoms with Gasteiger partial charge in [-0.25, -0.2) is 0 Å². The third-order valence-corrected chi connectivity index (χ3v) is 3.41. The maximum Gasteiger partial charge on any atom is 0.271 e. The van der Waals surface area contributed by atoms with Crippen molar-refractivity contribution in [2.45, 2.75) is 13.3 Å². The van der Waals surface area contributed by atoms with E-state index in [2.05, 4.69) is 16.2 Å². The molecule has 0 fully saturated rings. The molecule has 2 aromatic carbocycles. The molecule has 0 radical (unpaired) electrons. The summed E-state index contributed by atoms with van der Waals surface area (Å²) in [5.41, 5.74) is 5.60. The number of carbonyl (C=O) groups is 3. The lowest BCUT2D eigenvalue weighted by atomic mass is 10.1. The average molecular weight is 341 g/mol. The number of rotatable bonds is 5. The lowest BCUT2D eigenvalue weighted by Crippen LogP contribution is -2.41. The largest absolute Gasteiger partial charge is 0.497 e. The van der Waals surface area contributed by atoms with E-state index < -0.39 is 5.91 Å². The molecule has 7 heteroatoms. The van der Waals surface area contributed by atoms with Crippen molar-refractivity contribution in [1.82, 2.24) is 10.9 Å². The Kier molecular flexibility index (Phi) is 6.11. The molecule has 0 unspecified atom stereocenters. The highest BCUT2D eigenvalue weighted by molar-refractivity contribution is 6.09. The summed E-state index contributed by atoms with van der Waals surface area (Å²) in [6.45, 7) is 1.67. The number of hydrazine groups is 1. The van der Waals surface area contributed by atoms with Gasteiger partial charge in [0.05, 0.1) is 18.4 Å². The second-order valence-corrected chi connectivity index (χ2v) is 5.08. The fraction of sp³-hybridized carbons (Fsp3) is 0.167. The molecule has 3 amide bonds. The predicted molar refractivity (Wildman–Crippen MR) is 93.3 cm³/mol. The standard InChI is InChI=1S/C18H19N3O4/c1-3-16(22)20-21-18(24)14-6-4-5-7-15(14)19-17(23)12-8-10-13(25-2)11-9-12/h4-11H,3H2,1-2H3,(H,19,23)(H,20,22)(H,21,24). The van der Waals surface area contributed by atoms with Crippen LogP contribution < -0.4 is 20.9 Å². The van der Waals surface area contributed by atoms with E-state index in [0.717, 1.165) is 0 Å². The van der Waals surface area contributed by atoms with Gasteiger partial charge in [-0.1, -0.05) is 19.1 Å². The smallest absolute Gasteiger partial charge is 0.271 e. The number of ether oxygens (including phenoxy) is 1. The van der Waals surface area contributed by atoms with Gasteiger partial charge in [0.2, 0.25) is 5.91 Å². The minimum atomic E-state index is -0.521. The van der Waals surface area contributed by atoms with E-state index in [4.69, 9.17) is 4.74 Å². The topological polar surface area (TPSA) is 96.5 Å². The molecule has 0 atom stereocenters. The Morgan fingerprint density at radius 3 is 2.24 bits per heavy atom. The summed E-state index contributed by atoms with van der Waals surface area (Å²) in [6.07, 6.45) is 0.246. The molecule has 2 rings (SSSR count). The van der Waals surface area contributed by atoms with Crippen LogP contribution >= 0.6 is 0 Å². The summed E-state index contributed by atoms with van der Waals surface area (Å²) in [5, 5.41) is 2.69. The van der Waals surface area contributed by atoms with E-state index in [0.29, 0.717) is 17.0 Å². The van der Waals surface area contributed by atoms with E-state index in [-0.39, 0.29) is 23.8 Å². The molecule has 0 heterocycles. The lowest BCUT2D eigenvalue weighted by Gasteiger charge is -2.12. The Labute approximate surface area is 145 Å². The number of benzene rings is 2. The Bertz CT molecular complexity index is 772.